The van der Waals surface area contributed by atoms with Crippen molar-refractivity contribution in [3.63, 3.8) is 0 Å². The van der Waals surface area contributed by atoms with Gasteiger partial charge in [-0.1, -0.05) is 38.1 Å². The summed E-state index contributed by atoms with van der Waals surface area (Å²) in [5.74, 6) is 1.61. The number of ether oxygens (including phenoxy) is 2. The zero-order valence-corrected chi connectivity index (χ0v) is 15.3. The number of hydrogen-bond acceptors (Lipinski definition) is 4. The molecule has 26 heavy (non-hydrogen) atoms. The Morgan fingerprint density at radius 1 is 1.04 bits per heavy atom. The highest BCUT2D eigenvalue weighted by molar-refractivity contribution is 5.94. The lowest BCUT2D eigenvalue weighted by Crippen LogP contribution is -2.31. The highest BCUT2D eigenvalue weighted by Crippen LogP contribution is 2.30. The van der Waals surface area contributed by atoms with Crippen LogP contribution < -0.4 is 20.5 Å². The van der Waals surface area contributed by atoms with Gasteiger partial charge in [0, 0.05) is 24.6 Å². The van der Waals surface area contributed by atoms with E-state index in [2.05, 4.69) is 31.3 Å². The summed E-state index contributed by atoms with van der Waals surface area (Å²) in [5.41, 5.74) is 9.04. The van der Waals surface area contributed by atoms with Crippen molar-refractivity contribution in [3.8, 4) is 11.5 Å². The molecule has 0 fully saturated rings. The summed E-state index contributed by atoms with van der Waals surface area (Å²) < 4.78 is 11.2. The van der Waals surface area contributed by atoms with Crippen molar-refractivity contribution >= 4 is 5.91 Å². The quantitative estimate of drug-likeness (QED) is 0.863. The van der Waals surface area contributed by atoms with Crippen LogP contribution in [0.1, 0.15) is 53.7 Å². The summed E-state index contributed by atoms with van der Waals surface area (Å²) in [4.78, 5) is 12.4. The lowest BCUT2D eigenvalue weighted by atomic mass is 9.99. The highest BCUT2D eigenvalue weighted by atomic mass is 16.5. The van der Waals surface area contributed by atoms with Crippen LogP contribution in [0.5, 0.6) is 11.5 Å². The maximum Gasteiger partial charge on any atom is 0.251 e. The number of benzene rings is 2. The number of carbonyl (C=O) groups is 1. The SMILES string of the molecule is CC(C)c1ccc(C(N)CNC(=O)c2ccc3c(c2)OCCCO3)cc1. The van der Waals surface area contributed by atoms with Gasteiger partial charge in [0.1, 0.15) is 0 Å². The molecule has 3 N–H and O–H groups in total. The molecule has 1 amide bonds. The molecule has 3 rings (SSSR count). The molecular weight excluding hydrogens is 328 g/mol. The fourth-order valence-electron chi connectivity index (χ4n) is 2.86. The number of amides is 1. The van der Waals surface area contributed by atoms with E-state index in [1.165, 1.54) is 5.56 Å². The Morgan fingerprint density at radius 3 is 2.38 bits per heavy atom. The van der Waals surface area contributed by atoms with Crippen molar-refractivity contribution in [1.29, 1.82) is 0 Å². The van der Waals surface area contributed by atoms with Gasteiger partial charge in [-0.05, 0) is 35.2 Å². The monoisotopic (exact) mass is 354 g/mol. The van der Waals surface area contributed by atoms with Crippen molar-refractivity contribution in [2.75, 3.05) is 19.8 Å². The van der Waals surface area contributed by atoms with Gasteiger partial charge in [0.15, 0.2) is 11.5 Å². The van der Waals surface area contributed by atoms with E-state index in [-0.39, 0.29) is 11.9 Å². The van der Waals surface area contributed by atoms with Gasteiger partial charge < -0.3 is 20.5 Å². The average molecular weight is 354 g/mol. The van der Waals surface area contributed by atoms with Gasteiger partial charge in [0.05, 0.1) is 13.2 Å². The minimum absolute atomic E-state index is 0.171. The first-order valence-electron chi connectivity index (χ1n) is 9.08. The summed E-state index contributed by atoms with van der Waals surface area (Å²) in [6.07, 6.45) is 0.834. The average Bonchev–Trinajstić information content (AvgIpc) is 2.90. The standard InChI is InChI=1S/C21H26N2O3/c1-14(2)15-4-6-16(7-5-15)18(22)13-23-21(24)17-8-9-19-20(12-17)26-11-3-10-25-19/h4-9,12,14,18H,3,10-11,13,22H2,1-2H3,(H,23,24). The Balaban J connectivity index is 1.60. The van der Waals surface area contributed by atoms with Crippen LogP contribution in [-0.4, -0.2) is 25.7 Å². The lowest BCUT2D eigenvalue weighted by molar-refractivity contribution is 0.0950. The van der Waals surface area contributed by atoms with Crippen molar-refractivity contribution in [2.45, 2.75) is 32.2 Å². The van der Waals surface area contributed by atoms with Crippen LogP contribution in [0, 0.1) is 0 Å². The predicted octanol–water partition coefficient (Wildman–Crippen LogP) is 3.40. The van der Waals surface area contributed by atoms with E-state index in [9.17, 15) is 4.79 Å². The molecule has 1 atom stereocenters. The van der Waals surface area contributed by atoms with Crippen LogP contribution in [0.15, 0.2) is 42.5 Å². The number of fused-ring (bicyclic) bond motifs is 1. The molecule has 5 heteroatoms. The number of hydrogen-bond donors (Lipinski definition) is 2. The van der Waals surface area contributed by atoms with Gasteiger partial charge in [0.25, 0.3) is 5.91 Å². The maximum absolute atomic E-state index is 12.4. The van der Waals surface area contributed by atoms with Crippen molar-refractivity contribution in [1.82, 2.24) is 5.32 Å². The first-order chi connectivity index (χ1) is 12.5. The predicted molar refractivity (Wildman–Crippen MR) is 102 cm³/mol. The minimum atomic E-state index is -0.249. The van der Waals surface area contributed by atoms with Gasteiger partial charge in [-0.25, -0.2) is 0 Å². The number of nitrogens with one attached hydrogen (secondary N) is 1. The molecule has 2 aromatic carbocycles. The Morgan fingerprint density at radius 2 is 1.69 bits per heavy atom. The molecular formula is C21H26N2O3. The number of rotatable bonds is 5. The van der Waals surface area contributed by atoms with Crippen LogP contribution in [0.25, 0.3) is 0 Å². The van der Waals surface area contributed by atoms with Crippen LogP contribution in [-0.2, 0) is 0 Å². The van der Waals surface area contributed by atoms with Crippen molar-refractivity contribution < 1.29 is 14.3 Å². The summed E-state index contributed by atoms with van der Waals surface area (Å²) in [6.45, 7) is 5.90. The molecule has 0 spiro atoms. The molecule has 0 saturated heterocycles. The molecule has 1 aliphatic rings. The summed E-state index contributed by atoms with van der Waals surface area (Å²) in [5, 5.41) is 2.90. The smallest absolute Gasteiger partial charge is 0.251 e. The molecule has 5 nitrogen and oxygen atoms in total. The maximum atomic E-state index is 12.4. The Bertz CT molecular complexity index is 756. The third kappa shape index (κ3) is 4.35. The first-order valence-corrected chi connectivity index (χ1v) is 9.08. The Labute approximate surface area is 154 Å². The van der Waals surface area contributed by atoms with E-state index in [4.69, 9.17) is 15.2 Å². The van der Waals surface area contributed by atoms with Crippen LogP contribution in [0.4, 0.5) is 0 Å². The van der Waals surface area contributed by atoms with E-state index in [1.807, 2.05) is 12.1 Å². The molecule has 2 aromatic rings. The number of nitrogens with two attached hydrogens (primary N) is 1. The third-order valence-corrected chi connectivity index (χ3v) is 4.52. The van der Waals surface area contributed by atoms with E-state index >= 15 is 0 Å². The number of carbonyl (C=O) groups excluding carboxylic acids is 1. The largest absolute Gasteiger partial charge is 0.490 e. The third-order valence-electron chi connectivity index (χ3n) is 4.52. The lowest BCUT2D eigenvalue weighted by Gasteiger charge is -2.15. The van der Waals surface area contributed by atoms with Crippen molar-refractivity contribution in [3.05, 3.63) is 59.2 Å². The molecule has 0 radical (unpaired) electrons. The second-order valence-electron chi connectivity index (χ2n) is 6.85. The van der Waals surface area contributed by atoms with E-state index in [0.717, 1.165) is 12.0 Å². The first kappa shape index (κ1) is 18.3. The molecule has 0 aromatic heterocycles. The second kappa shape index (κ2) is 8.23. The zero-order valence-electron chi connectivity index (χ0n) is 15.3. The van der Waals surface area contributed by atoms with Gasteiger partial charge >= 0.3 is 0 Å². The fraction of sp³-hybridized carbons (Fsp3) is 0.381. The zero-order chi connectivity index (χ0) is 18.5. The van der Waals surface area contributed by atoms with Gasteiger partial charge in [-0.3, -0.25) is 4.79 Å². The molecule has 1 heterocycles. The molecule has 1 aliphatic heterocycles. The molecule has 0 aliphatic carbocycles. The van der Waals surface area contributed by atoms with Crippen LogP contribution in [0.3, 0.4) is 0 Å². The molecule has 1 unspecified atom stereocenters. The Kier molecular flexibility index (Phi) is 5.78. The van der Waals surface area contributed by atoms with Crippen molar-refractivity contribution in [2.24, 2.45) is 5.73 Å². The van der Waals surface area contributed by atoms with E-state index in [0.29, 0.717) is 42.7 Å². The summed E-state index contributed by atoms with van der Waals surface area (Å²) in [7, 11) is 0. The van der Waals surface area contributed by atoms with Gasteiger partial charge in [0.2, 0.25) is 0 Å². The van der Waals surface area contributed by atoms with Gasteiger partial charge in [-0.15, -0.1) is 0 Å². The minimum Gasteiger partial charge on any atom is -0.490 e. The fourth-order valence-corrected chi connectivity index (χ4v) is 2.86. The molecule has 0 bridgehead atoms. The Hall–Kier alpha value is -2.53. The van der Waals surface area contributed by atoms with E-state index < -0.39 is 0 Å². The van der Waals surface area contributed by atoms with E-state index in [1.54, 1.807) is 18.2 Å². The summed E-state index contributed by atoms with van der Waals surface area (Å²) >= 11 is 0. The second-order valence-corrected chi connectivity index (χ2v) is 6.85. The van der Waals surface area contributed by atoms with Gasteiger partial charge in [-0.2, -0.15) is 0 Å². The molecule has 138 valence electrons. The van der Waals surface area contributed by atoms with Crippen LogP contribution >= 0.6 is 0 Å². The van der Waals surface area contributed by atoms with Crippen LogP contribution in [0.2, 0.25) is 0 Å². The normalized spacial score (nSPS) is 14.6. The highest BCUT2D eigenvalue weighted by Gasteiger charge is 2.15. The summed E-state index contributed by atoms with van der Waals surface area (Å²) in [6, 6.07) is 13.2. The topological polar surface area (TPSA) is 73.6 Å². The molecule has 0 saturated carbocycles.